The van der Waals surface area contributed by atoms with Crippen LogP contribution in [0.15, 0.2) is 0 Å². The van der Waals surface area contributed by atoms with E-state index in [1.54, 1.807) is 0 Å². The molecule has 2 atom stereocenters. The highest BCUT2D eigenvalue weighted by atomic mass is 16.4. The monoisotopic (exact) mass is 565 g/mol. The summed E-state index contributed by atoms with van der Waals surface area (Å²) in [6.45, 7) is 6.86. The first-order valence-electron chi connectivity index (χ1n) is 18.9. The summed E-state index contributed by atoms with van der Waals surface area (Å²) >= 11 is 0. The number of hydrogen-bond acceptors (Lipinski definition) is 1. The zero-order valence-electron chi connectivity index (χ0n) is 28.1. The van der Waals surface area contributed by atoms with Gasteiger partial charge < -0.3 is 5.11 Å². The first kappa shape index (κ1) is 39.5. The van der Waals surface area contributed by atoms with Crippen molar-refractivity contribution in [2.45, 2.75) is 226 Å². The molecule has 2 nitrogen and oxygen atoms in total. The van der Waals surface area contributed by atoms with Crippen molar-refractivity contribution in [3.05, 3.63) is 0 Å². The zero-order chi connectivity index (χ0) is 29.4. The smallest absolute Gasteiger partial charge is 0.306 e. The highest BCUT2D eigenvalue weighted by Gasteiger charge is 2.22. The topological polar surface area (TPSA) is 37.3 Å². The standard InChI is InChI=1S/C38H76O2/c1-4-7-10-13-16-18-19-20-21-22-23-25-28-31-34-37(38(39)40)35-36(32-29-26-15-12-9-6-3)33-30-27-24-17-14-11-8-5-2/h36-37H,4-35H2,1-3H3,(H,39,40). The Morgan fingerprint density at radius 1 is 0.400 bits per heavy atom. The summed E-state index contributed by atoms with van der Waals surface area (Å²) in [6, 6.07) is 0. The van der Waals surface area contributed by atoms with Crippen LogP contribution < -0.4 is 0 Å². The lowest BCUT2D eigenvalue weighted by Crippen LogP contribution is -2.18. The summed E-state index contributed by atoms with van der Waals surface area (Å²) in [5.41, 5.74) is 0. The molecule has 0 radical (unpaired) electrons. The molecule has 0 spiro atoms. The van der Waals surface area contributed by atoms with Gasteiger partial charge in [-0.1, -0.05) is 213 Å². The normalized spacial score (nSPS) is 13.1. The number of aliphatic carboxylic acids is 1. The molecule has 0 saturated carbocycles. The van der Waals surface area contributed by atoms with Crippen LogP contribution >= 0.6 is 0 Å². The highest BCUT2D eigenvalue weighted by Crippen LogP contribution is 2.28. The molecule has 2 heteroatoms. The van der Waals surface area contributed by atoms with E-state index >= 15 is 0 Å². The minimum Gasteiger partial charge on any atom is -0.481 e. The van der Waals surface area contributed by atoms with E-state index in [0.717, 1.165) is 19.3 Å². The fourth-order valence-electron chi connectivity index (χ4n) is 6.49. The van der Waals surface area contributed by atoms with E-state index in [0.29, 0.717) is 5.92 Å². The van der Waals surface area contributed by atoms with E-state index in [9.17, 15) is 9.90 Å². The quantitative estimate of drug-likeness (QED) is 0.0789. The molecule has 0 aliphatic rings. The Morgan fingerprint density at radius 2 is 0.650 bits per heavy atom. The Kier molecular flexibility index (Phi) is 32.5. The molecule has 0 aromatic rings. The van der Waals surface area contributed by atoms with Crippen LogP contribution in [-0.2, 0) is 4.79 Å². The molecule has 2 unspecified atom stereocenters. The van der Waals surface area contributed by atoms with Gasteiger partial charge in [-0.3, -0.25) is 4.79 Å². The third-order valence-electron chi connectivity index (χ3n) is 9.31. The molecular weight excluding hydrogens is 488 g/mol. The Labute approximate surface area is 253 Å². The van der Waals surface area contributed by atoms with Gasteiger partial charge in [0.1, 0.15) is 0 Å². The number of carbonyl (C=O) groups is 1. The number of carboxylic acid groups (broad SMARTS) is 1. The molecule has 0 rings (SSSR count). The van der Waals surface area contributed by atoms with Crippen molar-refractivity contribution in [1.82, 2.24) is 0 Å². The molecule has 40 heavy (non-hydrogen) atoms. The van der Waals surface area contributed by atoms with E-state index < -0.39 is 5.97 Å². The van der Waals surface area contributed by atoms with E-state index in [-0.39, 0.29) is 5.92 Å². The van der Waals surface area contributed by atoms with E-state index in [1.807, 2.05) is 0 Å². The lowest BCUT2D eigenvalue weighted by atomic mass is 9.84. The van der Waals surface area contributed by atoms with Gasteiger partial charge in [0.15, 0.2) is 0 Å². The average Bonchev–Trinajstić information content (AvgIpc) is 2.95. The van der Waals surface area contributed by atoms with Crippen LogP contribution in [0.4, 0.5) is 0 Å². The average molecular weight is 565 g/mol. The predicted octanol–water partition coefficient (Wildman–Crippen LogP) is 13.8. The Hall–Kier alpha value is -0.530. The van der Waals surface area contributed by atoms with Crippen molar-refractivity contribution in [2.24, 2.45) is 11.8 Å². The summed E-state index contributed by atoms with van der Waals surface area (Å²) in [7, 11) is 0. The molecule has 0 saturated heterocycles. The summed E-state index contributed by atoms with van der Waals surface area (Å²) in [6.07, 6.45) is 42.3. The maximum absolute atomic E-state index is 12.1. The van der Waals surface area contributed by atoms with Crippen molar-refractivity contribution in [1.29, 1.82) is 0 Å². The van der Waals surface area contributed by atoms with Crippen molar-refractivity contribution >= 4 is 5.97 Å². The Morgan fingerprint density at radius 3 is 0.925 bits per heavy atom. The second kappa shape index (κ2) is 33.0. The molecule has 0 heterocycles. The zero-order valence-corrected chi connectivity index (χ0v) is 28.1. The first-order valence-corrected chi connectivity index (χ1v) is 18.9. The molecule has 0 aliphatic carbocycles. The fraction of sp³-hybridized carbons (Fsp3) is 0.974. The molecule has 0 amide bonds. The van der Waals surface area contributed by atoms with Crippen LogP contribution in [-0.4, -0.2) is 11.1 Å². The van der Waals surface area contributed by atoms with Crippen LogP contribution in [0.1, 0.15) is 226 Å². The molecule has 0 bridgehead atoms. The second-order valence-electron chi connectivity index (χ2n) is 13.3. The molecule has 0 aromatic heterocycles. The molecule has 0 aliphatic heterocycles. The van der Waals surface area contributed by atoms with Crippen LogP contribution in [0.5, 0.6) is 0 Å². The number of unbranched alkanes of at least 4 members (excludes halogenated alkanes) is 25. The van der Waals surface area contributed by atoms with Crippen LogP contribution in [0.25, 0.3) is 0 Å². The van der Waals surface area contributed by atoms with Gasteiger partial charge >= 0.3 is 5.97 Å². The summed E-state index contributed by atoms with van der Waals surface area (Å²) in [5.74, 6) is -0.0194. The van der Waals surface area contributed by atoms with Gasteiger partial charge in [0, 0.05) is 0 Å². The molecule has 240 valence electrons. The number of hydrogen-bond donors (Lipinski definition) is 1. The number of rotatable bonds is 34. The third kappa shape index (κ3) is 29.0. The molecular formula is C38H76O2. The van der Waals surface area contributed by atoms with Gasteiger partial charge in [-0.15, -0.1) is 0 Å². The van der Waals surface area contributed by atoms with Gasteiger partial charge in [-0.25, -0.2) is 0 Å². The molecule has 0 fully saturated rings. The summed E-state index contributed by atoms with van der Waals surface area (Å²) < 4.78 is 0. The molecule has 0 aromatic carbocycles. The van der Waals surface area contributed by atoms with E-state index in [1.165, 1.54) is 186 Å². The lowest BCUT2D eigenvalue weighted by Gasteiger charge is -2.21. The maximum Gasteiger partial charge on any atom is 0.306 e. The van der Waals surface area contributed by atoms with Crippen molar-refractivity contribution < 1.29 is 9.90 Å². The number of carboxylic acids is 1. The van der Waals surface area contributed by atoms with Crippen LogP contribution in [0, 0.1) is 11.8 Å². The fourth-order valence-corrected chi connectivity index (χ4v) is 6.49. The lowest BCUT2D eigenvalue weighted by molar-refractivity contribution is -0.142. The van der Waals surface area contributed by atoms with Gasteiger partial charge in [0.2, 0.25) is 0 Å². The van der Waals surface area contributed by atoms with Crippen LogP contribution in [0.2, 0.25) is 0 Å². The predicted molar refractivity (Wildman–Crippen MR) is 179 cm³/mol. The van der Waals surface area contributed by atoms with Gasteiger partial charge in [0.05, 0.1) is 5.92 Å². The SMILES string of the molecule is CCCCCCCCCCCCCCCCC(CC(CCCCCCCC)CCCCCCCCCC)C(=O)O. The minimum atomic E-state index is -0.529. The first-order chi connectivity index (χ1) is 19.7. The maximum atomic E-state index is 12.1. The Bertz CT molecular complexity index is 488. The summed E-state index contributed by atoms with van der Waals surface area (Å²) in [5, 5.41) is 10.0. The van der Waals surface area contributed by atoms with E-state index in [2.05, 4.69) is 20.8 Å². The van der Waals surface area contributed by atoms with Crippen molar-refractivity contribution in [3.63, 3.8) is 0 Å². The van der Waals surface area contributed by atoms with Crippen LogP contribution in [0.3, 0.4) is 0 Å². The van der Waals surface area contributed by atoms with Gasteiger partial charge in [-0.2, -0.15) is 0 Å². The summed E-state index contributed by atoms with van der Waals surface area (Å²) in [4.78, 5) is 12.1. The largest absolute Gasteiger partial charge is 0.481 e. The van der Waals surface area contributed by atoms with E-state index in [4.69, 9.17) is 0 Å². The van der Waals surface area contributed by atoms with Gasteiger partial charge in [0.25, 0.3) is 0 Å². The van der Waals surface area contributed by atoms with Crippen molar-refractivity contribution in [2.75, 3.05) is 0 Å². The van der Waals surface area contributed by atoms with Gasteiger partial charge in [-0.05, 0) is 18.8 Å². The Balaban J connectivity index is 4.14. The van der Waals surface area contributed by atoms with Crippen molar-refractivity contribution in [3.8, 4) is 0 Å². The third-order valence-corrected chi connectivity index (χ3v) is 9.31. The second-order valence-corrected chi connectivity index (χ2v) is 13.3. The highest BCUT2D eigenvalue weighted by molar-refractivity contribution is 5.69. The minimum absolute atomic E-state index is 0.114. The molecule has 1 N–H and O–H groups in total.